The Labute approximate surface area is 170 Å². The number of aliphatic hydroxyl groups is 1. The summed E-state index contributed by atoms with van der Waals surface area (Å²) in [7, 11) is 1.87. The topological polar surface area (TPSA) is 83.3 Å². The van der Waals surface area contributed by atoms with Gasteiger partial charge >= 0.3 is 6.03 Å². The van der Waals surface area contributed by atoms with Crippen LogP contribution in [0.3, 0.4) is 0 Å². The Balaban J connectivity index is 1.46. The Kier molecular flexibility index (Phi) is 5.31. The van der Waals surface area contributed by atoms with E-state index in [1.165, 1.54) is 0 Å². The lowest BCUT2D eigenvalue weighted by Crippen LogP contribution is -2.33. The summed E-state index contributed by atoms with van der Waals surface area (Å²) < 4.78 is 1.74. The van der Waals surface area contributed by atoms with Crippen molar-refractivity contribution in [3.05, 3.63) is 66.1 Å². The molecule has 3 heterocycles. The van der Waals surface area contributed by atoms with Gasteiger partial charge in [0.05, 0.1) is 6.20 Å². The minimum absolute atomic E-state index is 0.0000944. The van der Waals surface area contributed by atoms with Crippen molar-refractivity contribution in [3.63, 3.8) is 0 Å². The number of nitrogens with one attached hydrogen (secondary N) is 1. The van der Waals surface area contributed by atoms with Crippen molar-refractivity contribution in [1.82, 2.24) is 19.7 Å². The van der Waals surface area contributed by atoms with Gasteiger partial charge in [0, 0.05) is 56.0 Å². The minimum Gasteiger partial charge on any atom is -0.396 e. The SMILES string of the molecule is Cc1nc(NC(=O)N2C[C@@H](CO)[C@H](c3cnn(C)c3)C2)ccc1-c1ccccc1. The van der Waals surface area contributed by atoms with E-state index in [9.17, 15) is 9.90 Å². The first-order valence-electron chi connectivity index (χ1n) is 9.73. The number of aromatic nitrogens is 3. The van der Waals surface area contributed by atoms with E-state index >= 15 is 0 Å². The number of rotatable bonds is 4. The van der Waals surface area contributed by atoms with Crippen LogP contribution in [0.25, 0.3) is 11.1 Å². The van der Waals surface area contributed by atoms with Crippen LogP contribution >= 0.6 is 0 Å². The van der Waals surface area contributed by atoms with Gasteiger partial charge in [0.1, 0.15) is 5.82 Å². The number of hydrogen-bond acceptors (Lipinski definition) is 4. The monoisotopic (exact) mass is 391 g/mol. The van der Waals surface area contributed by atoms with E-state index in [4.69, 9.17) is 0 Å². The van der Waals surface area contributed by atoms with Gasteiger partial charge in [-0.2, -0.15) is 5.10 Å². The molecule has 1 fully saturated rings. The molecule has 0 aliphatic carbocycles. The molecule has 3 aromatic rings. The first-order valence-corrected chi connectivity index (χ1v) is 9.73. The van der Waals surface area contributed by atoms with Gasteiger partial charge < -0.3 is 10.0 Å². The number of hydrogen-bond donors (Lipinski definition) is 2. The number of carbonyl (C=O) groups is 1. The van der Waals surface area contributed by atoms with E-state index in [2.05, 4.69) is 15.4 Å². The quantitative estimate of drug-likeness (QED) is 0.716. The first-order chi connectivity index (χ1) is 14.0. The van der Waals surface area contributed by atoms with Gasteiger partial charge in [-0.05, 0) is 30.2 Å². The van der Waals surface area contributed by atoms with E-state index in [0.717, 1.165) is 22.4 Å². The van der Waals surface area contributed by atoms with Crippen molar-refractivity contribution in [3.8, 4) is 11.1 Å². The Hall–Kier alpha value is -3.19. The van der Waals surface area contributed by atoms with Gasteiger partial charge in [-0.25, -0.2) is 9.78 Å². The highest BCUT2D eigenvalue weighted by atomic mass is 16.3. The molecule has 2 atom stereocenters. The van der Waals surface area contributed by atoms with Crippen molar-refractivity contribution in [2.75, 3.05) is 25.0 Å². The first kappa shape index (κ1) is 19.1. The molecule has 1 aromatic carbocycles. The molecule has 7 nitrogen and oxygen atoms in total. The zero-order valence-electron chi connectivity index (χ0n) is 16.6. The second-order valence-corrected chi connectivity index (χ2v) is 7.53. The van der Waals surface area contributed by atoms with Crippen molar-refractivity contribution in [2.24, 2.45) is 13.0 Å². The molecule has 2 aromatic heterocycles. The second-order valence-electron chi connectivity index (χ2n) is 7.53. The van der Waals surface area contributed by atoms with Gasteiger partial charge in [0.15, 0.2) is 0 Å². The molecule has 150 valence electrons. The third-order valence-electron chi connectivity index (χ3n) is 5.52. The van der Waals surface area contributed by atoms with Crippen LogP contribution in [-0.2, 0) is 7.05 Å². The minimum atomic E-state index is -0.200. The molecule has 0 radical (unpaired) electrons. The Morgan fingerprint density at radius 2 is 2.00 bits per heavy atom. The molecule has 0 unspecified atom stereocenters. The molecular formula is C22H25N5O2. The number of nitrogens with zero attached hydrogens (tertiary/aromatic N) is 4. The molecule has 2 N–H and O–H groups in total. The lowest BCUT2D eigenvalue weighted by atomic mass is 9.92. The molecule has 1 aliphatic rings. The highest BCUT2D eigenvalue weighted by Crippen LogP contribution is 2.32. The fourth-order valence-corrected chi connectivity index (χ4v) is 3.97. The lowest BCUT2D eigenvalue weighted by molar-refractivity contribution is 0.206. The molecule has 7 heteroatoms. The molecule has 1 saturated heterocycles. The molecule has 0 spiro atoms. The summed E-state index contributed by atoms with van der Waals surface area (Å²) >= 11 is 0. The molecule has 29 heavy (non-hydrogen) atoms. The molecule has 2 amide bonds. The number of pyridine rings is 1. The number of carbonyl (C=O) groups excluding carboxylic acids is 1. The lowest BCUT2D eigenvalue weighted by Gasteiger charge is -2.17. The van der Waals surface area contributed by atoms with E-state index in [-0.39, 0.29) is 24.5 Å². The number of aliphatic hydroxyl groups excluding tert-OH is 1. The van der Waals surface area contributed by atoms with Gasteiger partial charge in [-0.3, -0.25) is 10.00 Å². The fourth-order valence-electron chi connectivity index (χ4n) is 3.97. The number of amides is 2. The molecule has 4 rings (SSSR count). The van der Waals surface area contributed by atoms with Crippen molar-refractivity contribution in [2.45, 2.75) is 12.8 Å². The molecular weight excluding hydrogens is 366 g/mol. The zero-order chi connectivity index (χ0) is 20.4. The number of urea groups is 1. The van der Waals surface area contributed by atoms with Crippen LogP contribution in [0.4, 0.5) is 10.6 Å². The van der Waals surface area contributed by atoms with Gasteiger partial charge in [-0.1, -0.05) is 30.3 Å². The number of anilines is 1. The van der Waals surface area contributed by atoms with E-state index < -0.39 is 0 Å². The summed E-state index contributed by atoms with van der Waals surface area (Å²) in [5.41, 5.74) is 4.04. The summed E-state index contributed by atoms with van der Waals surface area (Å²) in [6.45, 7) is 3.02. The maximum atomic E-state index is 12.8. The smallest absolute Gasteiger partial charge is 0.323 e. The Bertz CT molecular complexity index is 1000. The van der Waals surface area contributed by atoms with E-state index in [0.29, 0.717) is 18.9 Å². The normalized spacial score (nSPS) is 18.8. The summed E-state index contributed by atoms with van der Waals surface area (Å²) in [5, 5.41) is 16.9. The molecule has 1 aliphatic heterocycles. The van der Waals surface area contributed by atoms with Crippen LogP contribution in [0.1, 0.15) is 17.2 Å². The Morgan fingerprint density at radius 1 is 1.21 bits per heavy atom. The largest absolute Gasteiger partial charge is 0.396 e. The predicted molar refractivity (Wildman–Crippen MR) is 112 cm³/mol. The average Bonchev–Trinajstić information content (AvgIpc) is 3.34. The van der Waals surface area contributed by atoms with Crippen LogP contribution < -0.4 is 5.32 Å². The zero-order valence-corrected chi connectivity index (χ0v) is 16.6. The third kappa shape index (κ3) is 4.00. The van der Waals surface area contributed by atoms with Gasteiger partial charge in [0.2, 0.25) is 0 Å². The number of benzene rings is 1. The summed E-state index contributed by atoms with van der Waals surface area (Å²) in [6, 6.07) is 13.7. The second kappa shape index (κ2) is 8.05. The van der Waals surface area contributed by atoms with Crippen LogP contribution in [0, 0.1) is 12.8 Å². The predicted octanol–water partition coefficient (Wildman–Crippen LogP) is 3.03. The standard InChI is InChI=1S/C22H25N5O2/c1-15-19(16-6-4-3-5-7-16)8-9-21(24-15)25-22(29)27-12-18(14-28)20(13-27)17-10-23-26(2)11-17/h3-11,18,20,28H,12-14H2,1-2H3,(H,24,25,29)/t18-,20-/m0/s1. The van der Waals surface area contributed by atoms with E-state index in [1.54, 1.807) is 9.58 Å². The van der Waals surface area contributed by atoms with Gasteiger partial charge in [0.25, 0.3) is 0 Å². The fraction of sp³-hybridized carbons (Fsp3) is 0.318. The van der Waals surface area contributed by atoms with Crippen molar-refractivity contribution in [1.29, 1.82) is 0 Å². The summed E-state index contributed by atoms with van der Waals surface area (Å²) in [6.07, 6.45) is 3.75. The van der Waals surface area contributed by atoms with Crippen LogP contribution in [-0.4, -0.2) is 50.5 Å². The number of likely N-dealkylation sites (tertiary alicyclic amines) is 1. The number of aryl methyl sites for hydroxylation is 2. The average molecular weight is 391 g/mol. The summed E-state index contributed by atoms with van der Waals surface area (Å²) in [5.74, 6) is 0.604. The van der Waals surface area contributed by atoms with Crippen LogP contribution in [0.5, 0.6) is 0 Å². The Morgan fingerprint density at radius 3 is 2.66 bits per heavy atom. The highest BCUT2D eigenvalue weighted by Gasteiger charge is 2.36. The van der Waals surface area contributed by atoms with Crippen molar-refractivity contribution < 1.29 is 9.90 Å². The van der Waals surface area contributed by atoms with Gasteiger partial charge in [-0.15, -0.1) is 0 Å². The molecule has 0 saturated carbocycles. The van der Waals surface area contributed by atoms with E-state index in [1.807, 2.05) is 68.8 Å². The maximum Gasteiger partial charge on any atom is 0.323 e. The maximum absolute atomic E-state index is 12.8. The van der Waals surface area contributed by atoms with Crippen molar-refractivity contribution >= 4 is 11.8 Å². The van der Waals surface area contributed by atoms with Crippen LogP contribution in [0.15, 0.2) is 54.9 Å². The van der Waals surface area contributed by atoms with Crippen LogP contribution in [0.2, 0.25) is 0 Å². The third-order valence-corrected chi connectivity index (χ3v) is 5.52. The highest BCUT2D eigenvalue weighted by molar-refractivity contribution is 5.89. The molecule has 0 bridgehead atoms. The summed E-state index contributed by atoms with van der Waals surface area (Å²) in [4.78, 5) is 19.1.